The first kappa shape index (κ1) is 48.4. The van der Waals surface area contributed by atoms with Crippen LogP contribution in [0.25, 0.3) is 0 Å². The number of ether oxygens (including phenoxy) is 10. The van der Waals surface area contributed by atoms with Crippen molar-refractivity contribution in [2.45, 2.75) is 191 Å². The minimum atomic E-state index is -1.91. The molecule has 19 unspecified atom stereocenters. The Morgan fingerprint density at radius 1 is 0.905 bits per heavy atom. The Balaban J connectivity index is 1.20. The maximum absolute atomic E-state index is 14.4. The molecule has 0 amide bonds. The fraction of sp³-hybridized carbons (Fsp3) is 0.787. The van der Waals surface area contributed by atoms with Gasteiger partial charge in [-0.1, -0.05) is 63.2 Å². The topological polar surface area (TPSA) is 203 Å². The number of esters is 1. The van der Waals surface area contributed by atoms with E-state index in [-0.39, 0.29) is 49.0 Å². The highest BCUT2D eigenvalue weighted by Gasteiger charge is 2.60. The lowest BCUT2D eigenvalue weighted by atomic mass is 9.71. The summed E-state index contributed by atoms with van der Waals surface area (Å²) in [6, 6.07) is 0. The van der Waals surface area contributed by atoms with Gasteiger partial charge < -0.3 is 67.9 Å². The molecule has 0 aromatic heterocycles. The molecular formula is C47H71NO15. The molecule has 1 aliphatic carbocycles. The number of hydrogen-bond donors (Lipinski definition) is 4. The highest BCUT2D eigenvalue weighted by Crippen LogP contribution is 2.47. The Morgan fingerprint density at radius 2 is 1.60 bits per heavy atom. The van der Waals surface area contributed by atoms with Gasteiger partial charge in [0.2, 0.25) is 0 Å². The first-order valence-corrected chi connectivity index (χ1v) is 22.8. The van der Waals surface area contributed by atoms with Crippen molar-refractivity contribution < 1.29 is 72.7 Å². The fourth-order valence-electron chi connectivity index (χ4n) is 10.8. The van der Waals surface area contributed by atoms with Gasteiger partial charge in [-0.2, -0.15) is 0 Å². The largest absolute Gasteiger partial charge is 0.462 e. The average Bonchev–Trinajstić information content (AvgIpc) is 3.57. The number of methoxy groups -OCH3 is 2. The Morgan fingerprint density at radius 3 is 2.30 bits per heavy atom. The van der Waals surface area contributed by atoms with E-state index < -0.39 is 103 Å². The summed E-state index contributed by atoms with van der Waals surface area (Å²) in [5, 5.41) is 48.0. The second kappa shape index (κ2) is 19.7. The normalized spacial score (nSPS) is 49.0. The molecule has 5 fully saturated rings. The van der Waals surface area contributed by atoms with Crippen LogP contribution in [0.2, 0.25) is 0 Å². The first-order valence-electron chi connectivity index (χ1n) is 22.8. The van der Waals surface area contributed by atoms with E-state index in [1.165, 1.54) is 0 Å². The Hall–Kier alpha value is -2.58. The number of carbonyl (C=O) groups excluding carboxylic acids is 1. The van der Waals surface area contributed by atoms with Crippen LogP contribution >= 0.6 is 0 Å². The number of allylic oxidation sites excluding steroid dienone is 2. The third kappa shape index (κ3) is 9.80. The number of hydrogen-bond acceptors (Lipinski definition) is 16. The summed E-state index contributed by atoms with van der Waals surface area (Å²) < 4.78 is 63.5. The molecule has 63 heavy (non-hydrogen) atoms. The summed E-state index contributed by atoms with van der Waals surface area (Å²) in [5.41, 5.74) is 0.0651. The molecule has 4 N–H and O–H groups in total. The maximum atomic E-state index is 14.4. The third-order valence-electron chi connectivity index (χ3n) is 14.4. The van der Waals surface area contributed by atoms with Gasteiger partial charge in [-0.05, 0) is 56.8 Å². The van der Waals surface area contributed by atoms with Crippen molar-refractivity contribution in [3.05, 3.63) is 47.1 Å². The summed E-state index contributed by atoms with van der Waals surface area (Å²) in [4.78, 5) is 14.4. The number of nitrogens with zero attached hydrogens (tertiary/aromatic N) is 1. The number of carbonyl (C=O) groups is 1. The van der Waals surface area contributed by atoms with Crippen molar-refractivity contribution in [3.8, 4) is 0 Å². The molecule has 7 aliphatic rings. The van der Waals surface area contributed by atoms with E-state index in [9.17, 15) is 25.3 Å². The number of fused-ring (bicyclic) bond motifs is 2. The lowest BCUT2D eigenvalue weighted by Gasteiger charge is -2.52. The molecule has 6 aliphatic heterocycles. The number of rotatable bonds is 7. The fourth-order valence-corrected chi connectivity index (χ4v) is 10.8. The van der Waals surface area contributed by atoms with Gasteiger partial charge in [0, 0.05) is 58.2 Å². The lowest BCUT2D eigenvalue weighted by molar-refractivity contribution is -0.353. The predicted octanol–water partition coefficient (Wildman–Crippen LogP) is 4.65. The summed E-state index contributed by atoms with van der Waals surface area (Å²) in [6.07, 6.45) is 2.98. The van der Waals surface area contributed by atoms with Gasteiger partial charge in [-0.3, -0.25) is 4.79 Å². The summed E-state index contributed by atoms with van der Waals surface area (Å²) in [5.74, 6) is -3.34. The highest BCUT2D eigenvalue weighted by atomic mass is 16.7. The van der Waals surface area contributed by atoms with Crippen LogP contribution in [0, 0.1) is 23.7 Å². The van der Waals surface area contributed by atoms with Crippen molar-refractivity contribution >= 4 is 11.7 Å². The quantitative estimate of drug-likeness (QED) is 0.119. The molecular weight excluding hydrogens is 819 g/mol. The number of aliphatic hydroxyl groups is 3. The predicted molar refractivity (Wildman–Crippen MR) is 227 cm³/mol. The molecule has 354 valence electrons. The molecule has 0 saturated carbocycles. The molecule has 0 aromatic carbocycles. The summed E-state index contributed by atoms with van der Waals surface area (Å²) in [7, 11) is 3.19. The van der Waals surface area contributed by atoms with Crippen LogP contribution in [0.4, 0.5) is 0 Å². The Labute approximate surface area is 371 Å². The SMILES string of the molecule is COC1CC(OC2C(C)OC(OC3/C(C)=C/CC4CC(CC5(CC(O)C(C)C(C(C)C)O5)O4)OC(=O)C4C=C(C)/C(=N\O)C5OC/C(=C\C=C\C3C)C45O)CC2OC)OC(C)C1O. The molecule has 0 aromatic rings. The minimum absolute atomic E-state index is 0.0153. The summed E-state index contributed by atoms with van der Waals surface area (Å²) in [6.45, 7) is 15.5. The van der Waals surface area contributed by atoms with E-state index in [0.717, 1.165) is 5.57 Å². The Kier molecular flexibility index (Phi) is 15.1. The monoisotopic (exact) mass is 889 g/mol. The van der Waals surface area contributed by atoms with Crippen LogP contribution in [-0.2, 0) is 52.2 Å². The van der Waals surface area contributed by atoms with Crippen LogP contribution in [-0.4, -0.2) is 150 Å². The molecule has 0 radical (unpaired) electrons. The van der Waals surface area contributed by atoms with Gasteiger partial charge in [-0.25, -0.2) is 0 Å². The molecule has 19 atom stereocenters. The van der Waals surface area contributed by atoms with Gasteiger partial charge >= 0.3 is 5.97 Å². The molecule has 7 rings (SSSR count). The molecule has 1 spiro atoms. The van der Waals surface area contributed by atoms with Crippen molar-refractivity contribution in [3.63, 3.8) is 0 Å². The van der Waals surface area contributed by atoms with E-state index in [4.69, 9.17) is 47.4 Å². The molecule has 2 bridgehead atoms. The second-order valence-electron chi connectivity index (χ2n) is 19.3. The van der Waals surface area contributed by atoms with Crippen molar-refractivity contribution in [2.24, 2.45) is 28.8 Å². The molecule has 16 nitrogen and oxygen atoms in total. The zero-order valence-electron chi connectivity index (χ0n) is 38.5. The van der Waals surface area contributed by atoms with Gasteiger partial charge in [-0.15, -0.1) is 0 Å². The van der Waals surface area contributed by atoms with Crippen LogP contribution in [0.5, 0.6) is 0 Å². The minimum Gasteiger partial charge on any atom is -0.462 e. The third-order valence-corrected chi connectivity index (χ3v) is 14.4. The van der Waals surface area contributed by atoms with E-state index in [1.807, 2.05) is 39.8 Å². The maximum Gasteiger partial charge on any atom is 0.316 e. The van der Waals surface area contributed by atoms with Gasteiger partial charge in [0.05, 0.1) is 55.4 Å². The van der Waals surface area contributed by atoms with Crippen LogP contribution < -0.4 is 0 Å². The molecule has 5 saturated heterocycles. The summed E-state index contributed by atoms with van der Waals surface area (Å²) >= 11 is 0. The van der Waals surface area contributed by atoms with E-state index >= 15 is 0 Å². The molecule has 16 heteroatoms. The van der Waals surface area contributed by atoms with Crippen LogP contribution in [0.15, 0.2) is 52.3 Å². The Bertz CT molecular complexity index is 1780. The zero-order valence-corrected chi connectivity index (χ0v) is 38.5. The van der Waals surface area contributed by atoms with Gasteiger partial charge in [0.1, 0.15) is 41.6 Å². The lowest BCUT2D eigenvalue weighted by Crippen LogP contribution is -2.59. The van der Waals surface area contributed by atoms with Crippen molar-refractivity contribution in [1.29, 1.82) is 0 Å². The zero-order chi connectivity index (χ0) is 45.5. The average molecular weight is 890 g/mol. The second-order valence-corrected chi connectivity index (χ2v) is 19.3. The van der Waals surface area contributed by atoms with Gasteiger partial charge in [0.25, 0.3) is 0 Å². The van der Waals surface area contributed by atoms with Gasteiger partial charge in [0.15, 0.2) is 18.4 Å². The smallest absolute Gasteiger partial charge is 0.316 e. The van der Waals surface area contributed by atoms with Crippen molar-refractivity contribution in [1.82, 2.24) is 0 Å². The van der Waals surface area contributed by atoms with E-state index in [0.29, 0.717) is 36.8 Å². The molecule has 6 heterocycles. The first-order chi connectivity index (χ1) is 29.9. The van der Waals surface area contributed by atoms with Crippen LogP contribution in [0.1, 0.15) is 93.9 Å². The van der Waals surface area contributed by atoms with E-state index in [2.05, 4.69) is 25.1 Å². The number of aliphatic hydroxyl groups excluding tert-OH is 2. The van der Waals surface area contributed by atoms with E-state index in [1.54, 1.807) is 40.2 Å². The number of oxime groups is 1. The van der Waals surface area contributed by atoms with Crippen molar-refractivity contribution in [2.75, 3.05) is 20.8 Å². The van der Waals surface area contributed by atoms with Crippen LogP contribution in [0.3, 0.4) is 0 Å². The standard InChI is InChI=1S/C47H71NO15/c1-23(2)41-27(6)34(49)21-46(63-41)20-32-17-31(62-46)15-14-25(4)42(60-38-19-36(55-10)43(29(8)58-38)61-37-18-35(54-9)40(50)28(7)57-37)24(3)12-11-13-30-22-56-44-39(48-53)26(5)16-33(45(51)59-32)47(30,44)52/h11-14,16,23-24,27-29,31-38,40-44,49-50,52-53H,15,17-22H2,1-10H3/b12-11+,25-14+,30-13+,48-39+. The highest BCUT2D eigenvalue weighted by molar-refractivity contribution is 6.06.